The highest BCUT2D eigenvalue weighted by Gasteiger charge is 2.33. The molecule has 0 heterocycles. The molecule has 0 radical (unpaired) electrons. The minimum Gasteiger partial charge on any atom is -0.506 e. The van der Waals surface area contributed by atoms with Gasteiger partial charge in [0.05, 0.1) is 7.11 Å². The Morgan fingerprint density at radius 3 is 2.50 bits per heavy atom. The van der Waals surface area contributed by atoms with E-state index in [4.69, 9.17) is 5.26 Å². The number of nitrogens with zero attached hydrogens (tertiary/aromatic N) is 1. The van der Waals surface area contributed by atoms with E-state index < -0.39 is 35.0 Å². The summed E-state index contributed by atoms with van der Waals surface area (Å²) >= 11 is 0. The molecule has 1 N–H and O–H groups in total. The maximum absolute atomic E-state index is 12.0. The third-order valence-electron chi connectivity index (χ3n) is 1.88. The van der Waals surface area contributed by atoms with Crippen molar-refractivity contribution in [1.82, 2.24) is 0 Å². The van der Waals surface area contributed by atoms with Gasteiger partial charge in [-0.25, -0.2) is 4.79 Å². The van der Waals surface area contributed by atoms with Crippen molar-refractivity contribution in [2.24, 2.45) is 0 Å². The normalized spacial score (nSPS) is 10.6. The van der Waals surface area contributed by atoms with E-state index in [-0.39, 0.29) is 0 Å². The lowest BCUT2D eigenvalue weighted by Crippen LogP contribution is -2.18. The molecule has 0 unspecified atom stereocenters. The van der Waals surface area contributed by atoms with Gasteiger partial charge in [0.25, 0.3) is 0 Å². The van der Waals surface area contributed by atoms with Gasteiger partial charge in [0.2, 0.25) is 0 Å². The summed E-state index contributed by atoms with van der Waals surface area (Å²) < 4.78 is 43.9. The van der Waals surface area contributed by atoms with Crippen LogP contribution in [-0.2, 0) is 4.74 Å². The standard InChI is InChI=1S/C10H6F3NO4/c1-17-9(16)5-2-3-7(18-10(11,12)13)6(4-14)8(5)15/h2-3,15H,1H3. The molecule has 0 fully saturated rings. The zero-order valence-electron chi connectivity index (χ0n) is 8.91. The van der Waals surface area contributed by atoms with Crippen LogP contribution in [0, 0.1) is 11.3 Å². The number of methoxy groups -OCH3 is 1. The number of esters is 1. The predicted molar refractivity (Wildman–Crippen MR) is 50.8 cm³/mol. The first kappa shape index (κ1) is 13.6. The van der Waals surface area contributed by atoms with E-state index in [0.717, 1.165) is 19.2 Å². The number of phenols is 1. The van der Waals surface area contributed by atoms with E-state index in [9.17, 15) is 23.1 Å². The van der Waals surface area contributed by atoms with E-state index >= 15 is 0 Å². The van der Waals surface area contributed by atoms with Crippen LogP contribution in [0.1, 0.15) is 15.9 Å². The molecule has 0 spiro atoms. The number of phenolic OH excluding ortho intramolecular Hbond substituents is 1. The summed E-state index contributed by atoms with van der Waals surface area (Å²) in [5.41, 5.74) is -1.22. The number of carbonyl (C=O) groups excluding carboxylic acids is 1. The van der Waals surface area contributed by atoms with Crippen molar-refractivity contribution in [3.05, 3.63) is 23.3 Å². The number of benzene rings is 1. The fourth-order valence-electron chi connectivity index (χ4n) is 1.17. The van der Waals surface area contributed by atoms with Gasteiger partial charge in [-0.05, 0) is 12.1 Å². The van der Waals surface area contributed by atoms with Crippen molar-refractivity contribution in [1.29, 1.82) is 5.26 Å². The SMILES string of the molecule is COC(=O)c1ccc(OC(F)(F)F)c(C#N)c1O. The quantitative estimate of drug-likeness (QED) is 0.823. The smallest absolute Gasteiger partial charge is 0.506 e. The Kier molecular flexibility index (Phi) is 3.66. The minimum absolute atomic E-state index is 0.427. The number of alkyl halides is 3. The van der Waals surface area contributed by atoms with Crippen LogP contribution >= 0.6 is 0 Å². The number of aromatic hydroxyl groups is 1. The predicted octanol–water partition coefficient (Wildman–Crippen LogP) is 1.95. The molecule has 18 heavy (non-hydrogen) atoms. The summed E-state index contributed by atoms with van der Waals surface area (Å²) in [5.74, 6) is -2.80. The first-order chi connectivity index (χ1) is 8.30. The molecule has 1 rings (SSSR count). The first-order valence-electron chi connectivity index (χ1n) is 4.40. The van der Waals surface area contributed by atoms with Gasteiger partial charge in [0, 0.05) is 0 Å². The fourth-order valence-corrected chi connectivity index (χ4v) is 1.17. The Balaban J connectivity index is 3.31. The molecule has 0 saturated carbocycles. The molecule has 1 aromatic carbocycles. The van der Waals surface area contributed by atoms with Gasteiger partial charge in [-0.1, -0.05) is 0 Å². The molecular formula is C10H6F3NO4. The molecule has 8 heteroatoms. The molecule has 1 aromatic rings. The Morgan fingerprint density at radius 1 is 1.44 bits per heavy atom. The van der Waals surface area contributed by atoms with Crippen LogP contribution in [0.5, 0.6) is 11.5 Å². The summed E-state index contributed by atoms with van der Waals surface area (Å²) in [4.78, 5) is 11.1. The van der Waals surface area contributed by atoms with E-state index in [1.54, 1.807) is 0 Å². The van der Waals surface area contributed by atoms with Crippen molar-refractivity contribution in [3.8, 4) is 17.6 Å². The van der Waals surface area contributed by atoms with Gasteiger partial charge in [0.15, 0.2) is 11.5 Å². The molecular weight excluding hydrogens is 255 g/mol. The summed E-state index contributed by atoms with van der Waals surface area (Å²) in [6.45, 7) is 0. The highest BCUT2D eigenvalue weighted by Crippen LogP contribution is 2.34. The zero-order chi connectivity index (χ0) is 13.9. The Bertz CT molecular complexity index is 519. The summed E-state index contributed by atoms with van der Waals surface area (Å²) in [6.07, 6.45) is -5.01. The van der Waals surface area contributed by atoms with Crippen LogP contribution in [0.15, 0.2) is 12.1 Å². The molecule has 96 valence electrons. The highest BCUT2D eigenvalue weighted by atomic mass is 19.4. The van der Waals surface area contributed by atoms with Crippen molar-refractivity contribution in [2.75, 3.05) is 7.11 Å². The number of rotatable bonds is 2. The Morgan fingerprint density at radius 2 is 2.06 bits per heavy atom. The Labute approximate surface area is 99.0 Å². The van der Waals surface area contributed by atoms with Crippen LogP contribution < -0.4 is 4.74 Å². The molecule has 0 aliphatic rings. The van der Waals surface area contributed by atoms with Crippen LogP contribution in [0.2, 0.25) is 0 Å². The van der Waals surface area contributed by atoms with Crippen LogP contribution in [0.4, 0.5) is 13.2 Å². The van der Waals surface area contributed by atoms with Gasteiger partial charge in [-0.3, -0.25) is 0 Å². The van der Waals surface area contributed by atoms with Crippen molar-refractivity contribution >= 4 is 5.97 Å². The van der Waals surface area contributed by atoms with Gasteiger partial charge in [-0.2, -0.15) is 5.26 Å². The summed E-state index contributed by atoms with van der Waals surface area (Å²) in [7, 11) is 1.02. The largest absolute Gasteiger partial charge is 0.573 e. The van der Waals surface area contributed by atoms with Crippen LogP contribution in [0.3, 0.4) is 0 Å². The van der Waals surface area contributed by atoms with E-state index in [0.29, 0.717) is 0 Å². The van der Waals surface area contributed by atoms with Crippen LogP contribution in [-0.4, -0.2) is 24.5 Å². The second-order valence-electron chi connectivity index (χ2n) is 2.99. The summed E-state index contributed by atoms with van der Waals surface area (Å²) in [5, 5.41) is 18.2. The average molecular weight is 261 g/mol. The lowest BCUT2D eigenvalue weighted by molar-refractivity contribution is -0.274. The number of hydrogen-bond acceptors (Lipinski definition) is 5. The minimum atomic E-state index is -5.01. The highest BCUT2D eigenvalue weighted by molar-refractivity contribution is 5.93. The molecule has 0 saturated heterocycles. The molecule has 0 atom stereocenters. The number of halogens is 3. The number of ether oxygens (including phenoxy) is 2. The van der Waals surface area contributed by atoms with E-state index in [1.807, 2.05) is 0 Å². The zero-order valence-corrected chi connectivity index (χ0v) is 8.91. The van der Waals surface area contributed by atoms with E-state index in [2.05, 4.69) is 9.47 Å². The lowest BCUT2D eigenvalue weighted by atomic mass is 10.1. The number of carbonyl (C=O) groups is 1. The molecule has 0 amide bonds. The first-order valence-corrected chi connectivity index (χ1v) is 4.40. The molecule has 0 aliphatic carbocycles. The van der Waals surface area contributed by atoms with Crippen LogP contribution in [0.25, 0.3) is 0 Å². The van der Waals surface area contributed by atoms with Gasteiger partial charge >= 0.3 is 12.3 Å². The van der Waals surface area contributed by atoms with Gasteiger partial charge < -0.3 is 14.6 Å². The molecule has 0 bridgehead atoms. The topological polar surface area (TPSA) is 79.5 Å². The molecule has 0 aliphatic heterocycles. The second kappa shape index (κ2) is 4.83. The molecule has 5 nitrogen and oxygen atoms in total. The number of nitriles is 1. The average Bonchev–Trinajstić information content (AvgIpc) is 2.26. The Hall–Kier alpha value is -2.43. The maximum atomic E-state index is 12.0. The second-order valence-corrected chi connectivity index (χ2v) is 2.99. The fraction of sp³-hybridized carbons (Fsp3) is 0.200. The van der Waals surface area contributed by atoms with Crippen molar-refractivity contribution < 1.29 is 32.5 Å². The lowest BCUT2D eigenvalue weighted by Gasteiger charge is -2.12. The maximum Gasteiger partial charge on any atom is 0.573 e. The van der Waals surface area contributed by atoms with Gasteiger partial charge in [0.1, 0.15) is 17.2 Å². The monoisotopic (exact) mass is 261 g/mol. The third kappa shape index (κ3) is 2.82. The number of hydrogen-bond donors (Lipinski definition) is 1. The van der Waals surface area contributed by atoms with Crippen molar-refractivity contribution in [2.45, 2.75) is 6.36 Å². The van der Waals surface area contributed by atoms with Gasteiger partial charge in [-0.15, -0.1) is 13.2 Å². The third-order valence-corrected chi connectivity index (χ3v) is 1.88. The summed E-state index contributed by atoms with van der Waals surface area (Å²) in [6, 6.07) is 2.94. The van der Waals surface area contributed by atoms with Crippen molar-refractivity contribution in [3.63, 3.8) is 0 Å². The molecule has 0 aromatic heterocycles. The van der Waals surface area contributed by atoms with E-state index in [1.165, 1.54) is 6.07 Å².